The summed E-state index contributed by atoms with van der Waals surface area (Å²) in [4.78, 5) is 22.4. The highest BCUT2D eigenvalue weighted by molar-refractivity contribution is 5.96. The number of fused-ring (bicyclic) bond motifs is 1. The highest BCUT2D eigenvalue weighted by atomic mass is 16.5. The van der Waals surface area contributed by atoms with Crippen LogP contribution in [0, 0.1) is 6.92 Å². The Hall–Kier alpha value is -2.43. The molecule has 0 unspecified atom stereocenters. The van der Waals surface area contributed by atoms with Crippen LogP contribution in [0.4, 0.5) is 5.69 Å². The molecule has 5 nitrogen and oxygen atoms in total. The molecule has 0 spiro atoms. The van der Waals surface area contributed by atoms with Crippen molar-refractivity contribution < 1.29 is 9.53 Å². The van der Waals surface area contributed by atoms with Crippen molar-refractivity contribution in [2.75, 3.05) is 18.1 Å². The molecule has 1 amide bonds. The topological polar surface area (TPSA) is 55.3 Å². The van der Waals surface area contributed by atoms with Crippen LogP contribution in [0.3, 0.4) is 0 Å². The van der Waals surface area contributed by atoms with Crippen molar-refractivity contribution in [3.8, 4) is 5.75 Å². The van der Waals surface area contributed by atoms with Crippen LogP contribution in [-0.2, 0) is 11.2 Å². The number of ether oxygens (including phenoxy) is 1. The Labute approximate surface area is 117 Å². The number of carbonyl (C=O) groups is 1. The Bertz CT molecular complexity index is 625. The van der Waals surface area contributed by atoms with Crippen LogP contribution in [0.15, 0.2) is 36.8 Å². The van der Waals surface area contributed by atoms with E-state index in [2.05, 4.69) is 9.97 Å². The lowest BCUT2D eigenvalue weighted by Gasteiger charge is -2.29. The largest absolute Gasteiger partial charge is 0.489 e. The van der Waals surface area contributed by atoms with Crippen molar-refractivity contribution in [2.45, 2.75) is 13.3 Å². The third-order valence-corrected chi connectivity index (χ3v) is 3.25. The lowest BCUT2D eigenvalue weighted by molar-refractivity contribution is -0.118. The predicted octanol–water partition coefficient (Wildman–Crippen LogP) is 1.75. The van der Waals surface area contributed by atoms with Crippen LogP contribution in [0.25, 0.3) is 0 Å². The van der Waals surface area contributed by atoms with Gasteiger partial charge in [-0.15, -0.1) is 0 Å². The fourth-order valence-electron chi connectivity index (χ4n) is 2.20. The first-order valence-electron chi connectivity index (χ1n) is 6.53. The first kappa shape index (κ1) is 12.6. The van der Waals surface area contributed by atoms with Gasteiger partial charge >= 0.3 is 0 Å². The Balaban J connectivity index is 1.80. The van der Waals surface area contributed by atoms with Crippen molar-refractivity contribution in [3.63, 3.8) is 0 Å². The van der Waals surface area contributed by atoms with Crippen LogP contribution in [0.2, 0.25) is 0 Å². The highest BCUT2D eigenvalue weighted by Crippen LogP contribution is 2.30. The first-order chi connectivity index (χ1) is 9.74. The average Bonchev–Trinajstić information content (AvgIpc) is 2.49. The lowest BCUT2D eigenvalue weighted by Crippen LogP contribution is -2.38. The summed E-state index contributed by atoms with van der Waals surface area (Å²) in [6.07, 6.45) is 5.41. The Morgan fingerprint density at radius 2 is 2.25 bits per heavy atom. The zero-order chi connectivity index (χ0) is 13.9. The van der Waals surface area contributed by atoms with Gasteiger partial charge in [0, 0.05) is 24.2 Å². The summed E-state index contributed by atoms with van der Waals surface area (Å²) < 4.78 is 5.52. The molecule has 102 valence electrons. The van der Waals surface area contributed by atoms with E-state index in [0.717, 1.165) is 16.9 Å². The van der Waals surface area contributed by atoms with Crippen molar-refractivity contribution in [3.05, 3.63) is 48.0 Å². The second kappa shape index (κ2) is 5.28. The maximum atomic E-state index is 12.4. The van der Waals surface area contributed by atoms with E-state index in [4.69, 9.17) is 4.74 Å². The van der Waals surface area contributed by atoms with E-state index in [-0.39, 0.29) is 5.91 Å². The molecule has 0 atom stereocenters. The fraction of sp³-hybridized carbons (Fsp3) is 0.267. The van der Waals surface area contributed by atoms with Gasteiger partial charge < -0.3 is 9.64 Å². The minimum absolute atomic E-state index is 0.0354. The summed E-state index contributed by atoms with van der Waals surface area (Å²) in [7, 11) is 0. The maximum absolute atomic E-state index is 12.4. The van der Waals surface area contributed by atoms with Crippen molar-refractivity contribution in [2.24, 2.45) is 0 Å². The van der Waals surface area contributed by atoms with Crippen molar-refractivity contribution >= 4 is 11.6 Å². The van der Waals surface area contributed by atoms with Crippen LogP contribution < -0.4 is 9.64 Å². The minimum atomic E-state index is 0.0354. The van der Waals surface area contributed by atoms with Crippen LogP contribution in [-0.4, -0.2) is 29.0 Å². The lowest BCUT2D eigenvalue weighted by atomic mass is 10.1. The van der Waals surface area contributed by atoms with E-state index >= 15 is 0 Å². The van der Waals surface area contributed by atoms with Crippen LogP contribution >= 0.6 is 0 Å². The van der Waals surface area contributed by atoms with E-state index in [1.54, 1.807) is 29.6 Å². The van der Waals surface area contributed by atoms with Gasteiger partial charge in [-0.2, -0.15) is 0 Å². The molecule has 20 heavy (non-hydrogen) atoms. The normalized spacial score (nSPS) is 13.6. The third kappa shape index (κ3) is 2.47. The zero-order valence-corrected chi connectivity index (χ0v) is 11.2. The second-order valence-corrected chi connectivity index (χ2v) is 4.72. The molecule has 2 aromatic rings. The number of carbonyl (C=O) groups excluding carboxylic acids is 1. The first-order valence-corrected chi connectivity index (χ1v) is 6.53. The molecule has 0 aliphatic carbocycles. The smallest absolute Gasteiger partial charge is 0.231 e. The SMILES string of the molecule is Cc1ccc(CC(=O)N2CCOc3ccncc32)cn1. The predicted molar refractivity (Wildman–Crippen MR) is 74.8 cm³/mol. The Kier molecular flexibility index (Phi) is 3.33. The molecule has 0 radical (unpaired) electrons. The molecule has 2 aromatic heterocycles. The number of anilines is 1. The highest BCUT2D eigenvalue weighted by Gasteiger charge is 2.23. The van der Waals surface area contributed by atoms with E-state index in [0.29, 0.717) is 25.3 Å². The number of aromatic nitrogens is 2. The fourth-order valence-corrected chi connectivity index (χ4v) is 2.20. The number of pyridine rings is 2. The standard InChI is InChI=1S/C15H15N3O2/c1-11-2-3-12(9-17-11)8-15(19)18-6-7-20-14-4-5-16-10-13(14)18/h2-5,9-10H,6-8H2,1H3. The summed E-state index contributed by atoms with van der Waals surface area (Å²) in [5.41, 5.74) is 2.60. The molecular formula is C15H15N3O2. The van der Waals surface area contributed by atoms with Gasteiger partial charge in [0.2, 0.25) is 5.91 Å². The van der Waals surface area contributed by atoms with Gasteiger partial charge in [-0.05, 0) is 18.6 Å². The van der Waals surface area contributed by atoms with E-state index in [1.165, 1.54) is 0 Å². The maximum Gasteiger partial charge on any atom is 0.231 e. The monoisotopic (exact) mass is 269 g/mol. The van der Waals surface area contributed by atoms with Gasteiger partial charge in [-0.3, -0.25) is 14.8 Å². The van der Waals surface area contributed by atoms with Crippen LogP contribution in [0.5, 0.6) is 5.75 Å². The quantitative estimate of drug-likeness (QED) is 0.833. The zero-order valence-electron chi connectivity index (χ0n) is 11.2. The molecule has 1 aliphatic heterocycles. The summed E-state index contributed by atoms with van der Waals surface area (Å²) >= 11 is 0. The van der Waals surface area contributed by atoms with Gasteiger partial charge in [0.15, 0.2) is 0 Å². The summed E-state index contributed by atoms with van der Waals surface area (Å²) in [6, 6.07) is 5.63. The Morgan fingerprint density at radius 3 is 3.05 bits per heavy atom. The summed E-state index contributed by atoms with van der Waals surface area (Å²) in [6.45, 7) is 2.99. The molecule has 1 aliphatic rings. The number of aryl methyl sites for hydroxylation is 1. The second-order valence-electron chi connectivity index (χ2n) is 4.72. The minimum Gasteiger partial charge on any atom is -0.489 e. The van der Waals surface area contributed by atoms with Crippen LogP contribution in [0.1, 0.15) is 11.3 Å². The summed E-state index contributed by atoms with van der Waals surface area (Å²) in [5, 5.41) is 0. The number of nitrogens with zero attached hydrogens (tertiary/aromatic N) is 3. The molecule has 0 fully saturated rings. The van der Waals surface area contributed by atoms with E-state index in [1.807, 2.05) is 19.1 Å². The van der Waals surface area contributed by atoms with Gasteiger partial charge in [0.05, 0.1) is 19.2 Å². The molecule has 0 saturated heterocycles. The Morgan fingerprint density at radius 1 is 1.35 bits per heavy atom. The number of rotatable bonds is 2. The molecule has 0 bridgehead atoms. The molecule has 3 rings (SSSR count). The van der Waals surface area contributed by atoms with Gasteiger partial charge in [0.25, 0.3) is 0 Å². The number of hydrogen-bond donors (Lipinski definition) is 0. The summed E-state index contributed by atoms with van der Waals surface area (Å²) in [5.74, 6) is 0.745. The molecule has 0 saturated carbocycles. The molecular weight excluding hydrogens is 254 g/mol. The number of hydrogen-bond acceptors (Lipinski definition) is 4. The van der Waals surface area contributed by atoms with Gasteiger partial charge in [0.1, 0.15) is 18.0 Å². The van der Waals surface area contributed by atoms with Crippen molar-refractivity contribution in [1.82, 2.24) is 9.97 Å². The van der Waals surface area contributed by atoms with Crippen molar-refractivity contribution in [1.29, 1.82) is 0 Å². The third-order valence-electron chi connectivity index (χ3n) is 3.25. The molecule has 5 heteroatoms. The van der Waals surface area contributed by atoms with E-state index in [9.17, 15) is 4.79 Å². The van der Waals surface area contributed by atoms with E-state index < -0.39 is 0 Å². The molecule has 3 heterocycles. The van der Waals surface area contributed by atoms with Gasteiger partial charge in [-0.25, -0.2) is 0 Å². The molecule has 0 aromatic carbocycles. The van der Waals surface area contributed by atoms with Gasteiger partial charge in [-0.1, -0.05) is 6.07 Å². The number of amides is 1. The molecule has 0 N–H and O–H groups in total. The average molecular weight is 269 g/mol.